The number of fused-ring (bicyclic) bond motifs is 2. The average Bonchev–Trinajstić information content (AvgIpc) is 2.83. The smallest absolute Gasteiger partial charge is 0.196 e. The zero-order chi connectivity index (χ0) is 15.1. The van der Waals surface area contributed by atoms with E-state index < -0.39 is 0 Å². The highest BCUT2D eigenvalue weighted by Crippen LogP contribution is 2.20. The van der Waals surface area contributed by atoms with Crippen molar-refractivity contribution in [3.05, 3.63) is 58.0 Å². The molecule has 0 atom stereocenters. The van der Waals surface area contributed by atoms with Gasteiger partial charge >= 0.3 is 0 Å². The molecule has 1 N–H and O–H groups in total. The van der Waals surface area contributed by atoms with Gasteiger partial charge in [0.15, 0.2) is 4.77 Å². The number of aromatic amines is 1. The van der Waals surface area contributed by atoms with Gasteiger partial charge in [-0.25, -0.2) is 9.97 Å². The number of rotatable bonds is 2. The Morgan fingerprint density at radius 1 is 1.36 bits per heavy atom. The van der Waals surface area contributed by atoms with Crippen molar-refractivity contribution in [3.63, 3.8) is 0 Å². The van der Waals surface area contributed by atoms with E-state index in [9.17, 15) is 0 Å². The quantitative estimate of drug-likeness (QED) is 0.739. The van der Waals surface area contributed by atoms with Crippen LogP contribution < -0.4 is 0 Å². The first kappa shape index (κ1) is 13.6. The molecule has 3 aromatic heterocycles. The fourth-order valence-corrected chi connectivity index (χ4v) is 3.28. The van der Waals surface area contributed by atoms with Gasteiger partial charge in [-0.15, -0.1) is 0 Å². The Balaban J connectivity index is 1.63. The molecule has 6 heteroatoms. The van der Waals surface area contributed by atoms with Crippen LogP contribution in [0.1, 0.15) is 22.6 Å². The fraction of sp³-hybridized carbons (Fsp3) is 0.312. The Morgan fingerprint density at radius 2 is 2.27 bits per heavy atom. The van der Waals surface area contributed by atoms with Crippen LogP contribution in [0.15, 0.2) is 30.6 Å². The number of hydrogen-bond donors (Lipinski definition) is 1. The second-order valence-corrected chi connectivity index (χ2v) is 6.11. The molecule has 0 saturated carbocycles. The molecule has 4 rings (SSSR count). The molecule has 0 aliphatic carbocycles. The number of imidazole rings is 1. The van der Waals surface area contributed by atoms with Crippen molar-refractivity contribution in [3.8, 4) is 0 Å². The van der Waals surface area contributed by atoms with Crippen LogP contribution in [0.25, 0.3) is 5.65 Å². The second-order valence-electron chi connectivity index (χ2n) is 5.73. The Labute approximate surface area is 133 Å². The number of nitrogens with one attached hydrogen (secondary N) is 1. The van der Waals surface area contributed by atoms with E-state index in [1.165, 1.54) is 17.0 Å². The summed E-state index contributed by atoms with van der Waals surface area (Å²) >= 11 is 5.10. The molecule has 112 valence electrons. The van der Waals surface area contributed by atoms with Crippen molar-refractivity contribution in [1.29, 1.82) is 0 Å². The van der Waals surface area contributed by atoms with Gasteiger partial charge in [0, 0.05) is 49.7 Å². The number of aryl methyl sites for hydroxylation is 1. The first-order valence-electron chi connectivity index (χ1n) is 7.43. The van der Waals surface area contributed by atoms with Crippen LogP contribution in [0.5, 0.6) is 0 Å². The first-order valence-corrected chi connectivity index (χ1v) is 7.83. The standard InChI is InChI=1S/C16H17N5S/c1-11-14(21-6-3-2-4-15(21)18-11)10-20-7-5-13-12(9-20)8-17-16(22)19-13/h2-4,6,8H,5,7,9-10H2,1H3,(H,17,19,22). The number of H-pyrrole nitrogens is 1. The number of hydrogen-bond acceptors (Lipinski definition) is 4. The average molecular weight is 311 g/mol. The van der Waals surface area contributed by atoms with Crippen molar-refractivity contribution in [2.45, 2.75) is 26.4 Å². The summed E-state index contributed by atoms with van der Waals surface area (Å²) in [6.45, 7) is 4.89. The van der Waals surface area contributed by atoms with Gasteiger partial charge in [0.25, 0.3) is 0 Å². The monoisotopic (exact) mass is 311 g/mol. The molecule has 22 heavy (non-hydrogen) atoms. The van der Waals surface area contributed by atoms with Crippen molar-refractivity contribution in [1.82, 2.24) is 24.3 Å². The third kappa shape index (κ3) is 2.34. The normalized spacial score (nSPS) is 15.1. The van der Waals surface area contributed by atoms with Gasteiger partial charge in [-0.2, -0.15) is 0 Å². The molecule has 0 fully saturated rings. The molecule has 1 aliphatic heterocycles. The molecule has 0 radical (unpaired) electrons. The molecule has 3 aromatic rings. The molecular formula is C16H17N5S. The molecule has 5 nitrogen and oxygen atoms in total. The second kappa shape index (κ2) is 5.30. The van der Waals surface area contributed by atoms with Gasteiger partial charge in [0.05, 0.1) is 11.4 Å². The first-order chi connectivity index (χ1) is 10.7. The Kier molecular flexibility index (Phi) is 3.28. The van der Waals surface area contributed by atoms with Crippen LogP contribution in [-0.4, -0.2) is 30.8 Å². The van der Waals surface area contributed by atoms with Crippen molar-refractivity contribution < 1.29 is 0 Å². The lowest BCUT2D eigenvalue weighted by molar-refractivity contribution is 0.239. The van der Waals surface area contributed by atoms with Gasteiger partial charge in [-0.3, -0.25) is 4.90 Å². The third-order valence-electron chi connectivity index (χ3n) is 4.26. The largest absolute Gasteiger partial charge is 0.334 e. The van der Waals surface area contributed by atoms with Crippen LogP contribution >= 0.6 is 12.2 Å². The van der Waals surface area contributed by atoms with E-state index in [0.29, 0.717) is 4.77 Å². The minimum atomic E-state index is 0.574. The van der Waals surface area contributed by atoms with E-state index in [4.69, 9.17) is 12.2 Å². The molecule has 0 bridgehead atoms. The zero-order valence-electron chi connectivity index (χ0n) is 12.4. The zero-order valence-corrected chi connectivity index (χ0v) is 13.2. The molecule has 0 aromatic carbocycles. The van der Waals surface area contributed by atoms with E-state index in [2.05, 4.69) is 37.4 Å². The van der Waals surface area contributed by atoms with Crippen LogP contribution in [0, 0.1) is 11.7 Å². The Bertz CT molecular complexity index is 895. The summed E-state index contributed by atoms with van der Waals surface area (Å²) in [5.74, 6) is 0. The Morgan fingerprint density at radius 3 is 3.18 bits per heavy atom. The Hall–Kier alpha value is -2.05. The molecule has 0 spiro atoms. The topological polar surface area (TPSA) is 49.2 Å². The minimum Gasteiger partial charge on any atom is -0.334 e. The lowest BCUT2D eigenvalue weighted by Crippen LogP contribution is -2.31. The minimum absolute atomic E-state index is 0.574. The lowest BCUT2D eigenvalue weighted by Gasteiger charge is -2.28. The van der Waals surface area contributed by atoms with E-state index in [0.717, 1.165) is 37.4 Å². The molecule has 0 amide bonds. The van der Waals surface area contributed by atoms with Crippen LogP contribution in [-0.2, 0) is 19.5 Å². The molecule has 0 saturated heterocycles. The molecule has 0 unspecified atom stereocenters. The van der Waals surface area contributed by atoms with Crippen molar-refractivity contribution >= 4 is 17.9 Å². The summed E-state index contributed by atoms with van der Waals surface area (Å²) in [5.41, 5.74) is 5.84. The summed E-state index contributed by atoms with van der Waals surface area (Å²) in [4.78, 5) is 14.5. The number of pyridine rings is 1. The van der Waals surface area contributed by atoms with Gasteiger partial charge in [-0.1, -0.05) is 6.07 Å². The van der Waals surface area contributed by atoms with Crippen molar-refractivity contribution in [2.75, 3.05) is 6.54 Å². The maximum absolute atomic E-state index is 5.10. The maximum atomic E-state index is 5.10. The highest BCUT2D eigenvalue weighted by atomic mass is 32.1. The van der Waals surface area contributed by atoms with Gasteiger partial charge in [-0.05, 0) is 31.3 Å². The highest BCUT2D eigenvalue weighted by Gasteiger charge is 2.19. The lowest BCUT2D eigenvalue weighted by atomic mass is 10.1. The summed E-state index contributed by atoms with van der Waals surface area (Å²) in [6, 6.07) is 6.12. The third-order valence-corrected chi connectivity index (χ3v) is 4.46. The fourth-order valence-electron chi connectivity index (χ4n) is 3.11. The molecule has 1 aliphatic rings. The predicted molar refractivity (Wildman–Crippen MR) is 87.2 cm³/mol. The number of nitrogens with zero attached hydrogens (tertiary/aromatic N) is 4. The maximum Gasteiger partial charge on any atom is 0.196 e. The van der Waals surface area contributed by atoms with Gasteiger partial charge < -0.3 is 9.38 Å². The SMILES string of the molecule is Cc1nc2ccccn2c1CN1CCc2[nH]c(=S)ncc2C1. The summed E-state index contributed by atoms with van der Waals surface area (Å²) in [5, 5.41) is 0. The van der Waals surface area contributed by atoms with E-state index >= 15 is 0 Å². The van der Waals surface area contributed by atoms with E-state index in [1.807, 2.05) is 24.4 Å². The van der Waals surface area contributed by atoms with Gasteiger partial charge in [0.1, 0.15) is 5.65 Å². The van der Waals surface area contributed by atoms with Crippen LogP contribution in [0.3, 0.4) is 0 Å². The number of aromatic nitrogens is 4. The molecule has 4 heterocycles. The molecular weight excluding hydrogens is 294 g/mol. The van der Waals surface area contributed by atoms with Crippen LogP contribution in [0.2, 0.25) is 0 Å². The summed E-state index contributed by atoms with van der Waals surface area (Å²) in [6.07, 6.45) is 4.97. The van der Waals surface area contributed by atoms with Gasteiger partial charge in [0.2, 0.25) is 0 Å². The predicted octanol–water partition coefficient (Wildman–Crippen LogP) is 2.65. The van der Waals surface area contributed by atoms with Crippen molar-refractivity contribution in [2.24, 2.45) is 0 Å². The highest BCUT2D eigenvalue weighted by molar-refractivity contribution is 7.71. The van der Waals surface area contributed by atoms with E-state index in [1.54, 1.807) is 0 Å². The summed E-state index contributed by atoms with van der Waals surface area (Å²) in [7, 11) is 0. The van der Waals surface area contributed by atoms with E-state index in [-0.39, 0.29) is 0 Å². The van der Waals surface area contributed by atoms with Crippen LogP contribution in [0.4, 0.5) is 0 Å². The summed E-state index contributed by atoms with van der Waals surface area (Å²) < 4.78 is 2.76.